The molecule has 0 radical (unpaired) electrons. The van der Waals surface area contributed by atoms with Crippen molar-refractivity contribution in [3.05, 3.63) is 59.1 Å². The maximum atomic E-state index is 13.4. The van der Waals surface area contributed by atoms with E-state index in [1.165, 1.54) is 30.2 Å². The van der Waals surface area contributed by atoms with Gasteiger partial charge in [-0.2, -0.15) is 0 Å². The molecule has 11 heteroatoms. The summed E-state index contributed by atoms with van der Waals surface area (Å²) < 4.78 is 19.2. The summed E-state index contributed by atoms with van der Waals surface area (Å²) in [4.78, 5) is 53.9. The molecule has 2 unspecified atom stereocenters. The largest absolute Gasteiger partial charge is 0.436 e. The molecule has 1 saturated carbocycles. The molecule has 3 fully saturated rings. The molecule has 37 heavy (non-hydrogen) atoms. The van der Waals surface area contributed by atoms with Gasteiger partial charge in [-0.1, -0.05) is 18.2 Å². The van der Waals surface area contributed by atoms with Crippen LogP contribution >= 0.6 is 0 Å². The smallest absolute Gasteiger partial charge is 0.411 e. The topological polar surface area (TPSA) is 128 Å². The number of nitrogens with one attached hydrogen (secondary N) is 2. The monoisotopic (exact) mass is 512 g/mol. The molecule has 1 aromatic rings. The van der Waals surface area contributed by atoms with Gasteiger partial charge in [0, 0.05) is 13.0 Å². The highest BCUT2D eigenvalue weighted by molar-refractivity contribution is 6.03. The van der Waals surface area contributed by atoms with Crippen LogP contribution in [0.15, 0.2) is 47.7 Å². The first-order valence-corrected chi connectivity index (χ1v) is 12.4. The number of halogens is 1. The minimum Gasteiger partial charge on any atom is -0.436 e. The second-order valence-corrected chi connectivity index (χ2v) is 9.86. The molecule has 1 aromatic carbocycles. The van der Waals surface area contributed by atoms with Crippen LogP contribution in [0.4, 0.5) is 14.0 Å². The number of aliphatic hydroxyl groups is 1. The van der Waals surface area contributed by atoms with Crippen molar-refractivity contribution in [3.8, 4) is 0 Å². The van der Waals surface area contributed by atoms with Gasteiger partial charge in [-0.05, 0) is 55.0 Å². The quantitative estimate of drug-likeness (QED) is 0.552. The Labute approximate surface area is 213 Å². The zero-order chi connectivity index (χ0) is 26.3. The Morgan fingerprint density at radius 3 is 2.62 bits per heavy atom. The third-order valence-electron chi connectivity index (χ3n) is 7.79. The Bertz CT molecular complexity index is 1200. The molecular weight excluding hydrogens is 483 g/mol. The van der Waals surface area contributed by atoms with E-state index in [1.54, 1.807) is 23.1 Å². The SMILES string of the molecule is CNC(=O)NC1=CC=C2C(CC[C@]23CN(CC(=O)N2C(CO)CC[C@@H]2c2ccc(F)cc2)C(=O)O3)C1=O. The van der Waals surface area contributed by atoms with Gasteiger partial charge >= 0.3 is 12.1 Å². The molecule has 2 saturated heterocycles. The average Bonchev–Trinajstić information content (AvgIpc) is 3.56. The van der Waals surface area contributed by atoms with Crippen molar-refractivity contribution in [1.29, 1.82) is 0 Å². The summed E-state index contributed by atoms with van der Waals surface area (Å²) in [6, 6.07) is 4.71. The van der Waals surface area contributed by atoms with Crippen molar-refractivity contribution < 1.29 is 33.4 Å². The maximum absolute atomic E-state index is 13.4. The summed E-state index contributed by atoms with van der Waals surface area (Å²) in [5.41, 5.74) is 0.604. The number of rotatable bonds is 5. The van der Waals surface area contributed by atoms with Crippen molar-refractivity contribution in [2.45, 2.75) is 43.4 Å². The van der Waals surface area contributed by atoms with Gasteiger partial charge in [0.1, 0.15) is 12.4 Å². The standard InChI is InChI=1S/C26H29FN4O6/c1-28-24(35)29-20-8-7-19-18(23(20)34)10-11-26(19)14-30(25(36)37-26)12-22(33)31-17(13-32)6-9-21(31)15-2-4-16(27)5-3-15/h2-5,7-8,17-18,21,32H,6,9-14H2,1H3,(H2,28,29,35)/t17?,18?,21-,26+/m1/s1. The summed E-state index contributed by atoms with van der Waals surface area (Å²) in [5.74, 6) is -1.46. The van der Waals surface area contributed by atoms with E-state index in [2.05, 4.69) is 10.6 Å². The van der Waals surface area contributed by atoms with Gasteiger partial charge in [-0.15, -0.1) is 0 Å². The molecule has 5 rings (SSSR count). The number of hydrogen-bond acceptors (Lipinski definition) is 6. The number of ether oxygens (including phenoxy) is 1. The number of allylic oxidation sites excluding steroid dienone is 3. The number of Topliss-reactive ketones (excluding diaryl/α,β-unsaturated/α-hetero) is 1. The van der Waals surface area contributed by atoms with Crippen LogP contribution in [0.3, 0.4) is 0 Å². The van der Waals surface area contributed by atoms with Gasteiger partial charge in [0.05, 0.1) is 30.9 Å². The summed E-state index contributed by atoms with van der Waals surface area (Å²) in [6.07, 6.45) is 4.68. The van der Waals surface area contributed by atoms with Gasteiger partial charge in [0.2, 0.25) is 5.91 Å². The third-order valence-corrected chi connectivity index (χ3v) is 7.79. The fraction of sp³-hybridized carbons (Fsp3) is 0.462. The summed E-state index contributed by atoms with van der Waals surface area (Å²) in [7, 11) is 1.45. The fourth-order valence-electron chi connectivity index (χ4n) is 6.00. The first-order valence-electron chi connectivity index (χ1n) is 12.4. The van der Waals surface area contributed by atoms with Crippen LogP contribution in [0.2, 0.25) is 0 Å². The number of hydrogen-bond donors (Lipinski definition) is 3. The van der Waals surface area contributed by atoms with E-state index in [0.717, 1.165) is 5.56 Å². The van der Waals surface area contributed by atoms with E-state index in [4.69, 9.17) is 4.74 Å². The average molecular weight is 513 g/mol. The van der Waals surface area contributed by atoms with Gasteiger partial charge in [-0.25, -0.2) is 14.0 Å². The molecule has 2 aliphatic carbocycles. The van der Waals surface area contributed by atoms with E-state index >= 15 is 0 Å². The Kier molecular flexibility index (Phi) is 6.49. The second-order valence-electron chi connectivity index (χ2n) is 9.86. The molecule has 4 amide bonds. The van der Waals surface area contributed by atoms with Gasteiger partial charge in [-0.3, -0.25) is 14.5 Å². The highest BCUT2D eigenvalue weighted by atomic mass is 19.1. The van der Waals surface area contributed by atoms with Crippen molar-refractivity contribution in [1.82, 2.24) is 20.4 Å². The molecule has 10 nitrogen and oxygen atoms in total. The van der Waals surface area contributed by atoms with Crippen molar-refractivity contribution in [2.75, 3.05) is 26.7 Å². The number of amides is 4. The van der Waals surface area contributed by atoms with Gasteiger partial charge < -0.3 is 25.4 Å². The summed E-state index contributed by atoms with van der Waals surface area (Å²) >= 11 is 0. The van der Waals surface area contributed by atoms with Crippen LogP contribution in [0.5, 0.6) is 0 Å². The van der Waals surface area contributed by atoms with Crippen LogP contribution < -0.4 is 10.6 Å². The Hall–Kier alpha value is -3.73. The first kappa shape index (κ1) is 24.9. The number of aliphatic hydroxyl groups excluding tert-OH is 1. The predicted octanol–water partition coefficient (Wildman–Crippen LogP) is 1.77. The number of nitrogens with zero attached hydrogens (tertiary/aromatic N) is 2. The number of fused-ring (bicyclic) bond motifs is 2. The molecular formula is C26H29FN4O6. The minimum absolute atomic E-state index is 0.123. The van der Waals surface area contributed by atoms with E-state index < -0.39 is 29.7 Å². The number of urea groups is 1. The molecule has 4 aliphatic rings. The number of ketones is 1. The van der Waals surface area contributed by atoms with E-state index in [-0.39, 0.29) is 48.9 Å². The molecule has 2 heterocycles. The molecule has 196 valence electrons. The molecule has 3 N–H and O–H groups in total. The van der Waals surface area contributed by atoms with E-state index in [1.807, 2.05) is 0 Å². The first-order chi connectivity index (χ1) is 17.8. The molecule has 0 aromatic heterocycles. The zero-order valence-electron chi connectivity index (χ0n) is 20.4. The summed E-state index contributed by atoms with van der Waals surface area (Å²) in [6.45, 7) is -0.328. The fourth-order valence-corrected chi connectivity index (χ4v) is 6.00. The molecule has 0 bridgehead atoms. The minimum atomic E-state index is -1.01. The summed E-state index contributed by atoms with van der Waals surface area (Å²) in [5, 5.41) is 14.8. The molecule has 1 spiro atoms. The Balaban J connectivity index is 1.32. The lowest BCUT2D eigenvalue weighted by atomic mass is 9.85. The highest BCUT2D eigenvalue weighted by Crippen LogP contribution is 2.48. The van der Waals surface area contributed by atoms with Crippen molar-refractivity contribution in [3.63, 3.8) is 0 Å². The predicted molar refractivity (Wildman–Crippen MR) is 128 cm³/mol. The number of likely N-dealkylation sites (tertiary alicyclic amines) is 1. The van der Waals surface area contributed by atoms with Crippen LogP contribution in [0, 0.1) is 11.7 Å². The van der Waals surface area contributed by atoms with E-state index in [0.29, 0.717) is 31.3 Å². The molecule has 2 aliphatic heterocycles. The Morgan fingerprint density at radius 1 is 1.16 bits per heavy atom. The lowest BCUT2D eigenvalue weighted by Gasteiger charge is -2.31. The zero-order valence-corrected chi connectivity index (χ0v) is 20.4. The number of benzene rings is 1. The van der Waals surface area contributed by atoms with Crippen LogP contribution in [-0.4, -0.2) is 77.1 Å². The van der Waals surface area contributed by atoms with E-state index in [9.17, 15) is 28.7 Å². The van der Waals surface area contributed by atoms with Gasteiger partial charge in [0.25, 0.3) is 0 Å². The molecule has 4 atom stereocenters. The highest BCUT2D eigenvalue weighted by Gasteiger charge is 2.56. The second kappa shape index (κ2) is 9.62. The lowest BCUT2D eigenvalue weighted by Crippen LogP contribution is -2.46. The van der Waals surface area contributed by atoms with Crippen molar-refractivity contribution in [2.24, 2.45) is 5.92 Å². The van der Waals surface area contributed by atoms with Crippen LogP contribution in [0.1, 0.15) is 37.3 Å². The number of carbonyl (C=O) groups is 4. The van der Waals surface area contributed by atoms with Crippen molar-refractivity contribution >= 4 is 23.8 Å². The van der Waals surface area contributed by atoms with Gasteiger partial charge in [0.15, 0.2) is 11.4 Å². The normalized spacial score (nSPS) is 28.7. The Morgan fingerprint density at radius 2 is 1.92 bits per heavy atom. The number of carbonyl (C=O) groups excluding carboxylic acids is 4. The van der Waals surface area contributed by atoms with Crippen LogP contribution in [0.25, 0.3) is 0 Å². The maximum Gasteiger partial charge on any atom is 0.411 e. The third kappa shape index (κ3) is 4.37. The van der Waals surface area contributed by atoms with Crippen LogP contribution in [-0.2, 0) is 14.3 Å². The lowest BCUT2D eigenvalue weighted by molar-refractivity contribution is -0.135.